The van der Waals surface area contributed by atoms with Crippen LogP contribution >= 0.6 is 0 Å². The highest BCUT2D eigenvalue weighted by Gasteiger charge is 2.34. The van der Waals surface area contributed by atoms with E-state index in [0.717, 1.165) is 0 Å². The summed E-state index contributed by atoms with van der Waals surface area (Å²) in [6.45, 7) is 8.33. The van der Waals surface area contributed by atoms with E-state index in [4.69, 9.17) is 5.73 Å². The number of H-pyrrole nitrogens is 1. The van der Waals surface area contributed by atoms with Crippen LogP contribution in [-0.4, -0.2) is 74.1 Å². The number of aromatic nitrogens is 2. The largest absolute Gasteiger partial charge is 0.480 e. The molecular formula is C21H36N6O6. The third-order valence-corrected chi connectivity index (χ3v) is 5.47. The van der Waals surface area contributed by atoms with Crippen molar-refractivity contribution in [3.05, 3.63) is 18.2 Å². The summed E-state index contributed by atoms with van der Waals surface area (Å²) in [6, 6.07) is -4.53. The fourth-order valence-electron chi connectivity index (χ4n) is 2.98. The number of rotatable bonds is 13. The van der Waals surface area contributed by atoms with Crippen molar-refractivity contribution in [1.29, 1.82) is 0 Å². The van der Waals surface area contributed by atoms with Gasteiger partial charge in [-0.2, -0.15) is 0 Å². The summed E-state index contributed by atoms with van der Waals surface area (Å²) in [6.07, 6.45) is 2.17. The molecule has 186 valence electrons. The number of imidazole rings is 1. The number of amides is 3. The van der Waals surface area contributed by atoms with E-state index in [1.165, 1.54) is 19.4 Å². The second-order valence-electron chi connectivity index (χ2n) is 8.55. The van der Waals surface area contributed by atoms with E-state index in [-0.39, 0.29) is 18.3 Å². The summed E-state index contributed by atoms with van der Waals surface area (Å²) in [5.74, 6) is -3.84. The lowest BCUT2D eigenvalue weighted by atomic mass is 9.96. The van der Waals surface area contributed by atoms with Gasteiger partial charge in [-0.3, -0.25) is 14.4 Å². The minimum absolute atomic E-state index is 0.0721. The Morgan fingerprint density at radius 3 is 2.09 bits per heavy atom. The first-order valence-electron chi connectivity index (χ1n) is 10.9. The number of hydrogen-bond acceptors (Lipinski definition) is 7. The topological polar surface area (TPSA) is 200 Å². The summed E-state index contributed by atoms with van der Waals surface area (Å²) in [5, 5.41) is 26.4. The SMILES string of the molecule is CCC(C)C(NC(=O)C(Cc1cnc[nH]1)NC(=O)C(N)C(C)C)C(=O)NC(C(=O)O)C(C)O. The number of carbonyl (C=O) groups is 4. The van der Waals surface area contributed by atoms with Crippen LogP contribution in [0.3, 0.4) is 0 Å². The van der Waals surface area contributed by atoms with E-state index >= 15 is 0 Å². The van der Waals surface area contributed by atoms with Crippen molar-refractivity contribution in [3.63, 3.8) is 0 Å². The van der Waals surface area contributed by atoms with Gasteiger partial charge >= 0.3 is 5.97 Å². The van der Waals surface area contributed by atoms with E-state index in [1.54, 1.807) is 20.8 Å². The molecule has 0 spiro atoms. The van der Waals surface area contributed by atoms with Gasteiger partial charge in [0.2, 0.25) is 17.7 Å². The van der Waals surface area contributed by atoms with Crippen LogP contribution in [0.25, 0.3) is 0 Å². The fourth-order valence-corrected chi connectivity index (χ4v) is 2.98. The molecule has 1 rings (SSSR count). The number of aromatic amines is 1. The molecule has 1 aromatic heterocycles. The van der Waals surface area contributed by atoms with Gasteiger partial charge in [0.25, 0.3) is 0 Å². The summed E-state index contributed by atoms with van der Waals surface area (Å²) in [5.41, 5.74) is 6.49. The van der Waals surface area contributed by atoms with E-state index in [0.29, 0.717) is 12.1 Å². The second-order valence-corrected chi connectivity index (χ2v) is 8.55. The Labute approximate surface area is 193 Å². The van der Waals surface area contributed by atoms with Crippen molar-refractivity contribution in [2.45, 2.75) is 77.7 Å². The second kappa shape index (κ2) is 12.9. The smallest absolute Gasteiger partial charge is 0.328 e. The van der Waals surface area contributed by atoms with E-state index < -0.39 is 54.0 Å². The van der Waals surface area contributed by atoms with E-state index in [2.05, 4.69) is 25.9 Å². The first-order chi connectivity index (χ1) is 15.4. The summed E-state index contributed by atoms with van der Waals surface area (Å²) in [4.78, 5) is 56.6. The number of nitrogens with two attached hydrogens (primary N) is 1. The Morgan fingerprint density at radius 2 is 1.64 bits per heavy atom. The first kappa shape index (κ1) is 28.0. The molecule has 3 amide bonds. The Morgan fingerprint density at radius 1 is 1.03 bits per heavy atom. The predicted molar refractivity (Wildman–Crippen MR) is 120 cm³/mol. The standard InChI is InChI=1S/C21H36N6O6/c1-6-11(4)16(20(31)27-17(12(5)28)21(32)33)26-18(29)14(7-13-8-23-9-24-13)25-19(30)15(22)10(2)3/h8-12,14-17,28H,6-7,22H2,1-5H3,(H,23,24)(H,25,30)(H,26,29)(H,27,31)(H,32,33). The van der Waals surface area contributed by atoms with Crippen LogP contribution in [0.1, 0.15) is 46.7 Å². The zero-order valence-electron chi connectivity index (χ0n) is 19.7. The van der Waals surface area contributed by atoms with Gasteiger partial charge in [0, 0.05) is 18.3 Å². The van der Waals surface area contributed by atoms with Gasteiger partial charge in [-0.25, -0.2) is 9.78 Å². The van der Waals surface area contributed by atoms with Gasteiger partial charge < -0.3 is 36.9 Å². The van der Waals surface area contributed by atoms with Crippen molar-refractivity contribution < 1.29 is 29.4 Å². The minimum Gasteiger partial charge on any atom is -0.480 e. The van der Waals surface area contributed by atoms with Crippen LogP contribution in [0, 0.1) is 11.8 Å². The van der Waals surface area contributed by atoms with Crippen LogP contribution in [0.5, 0.6) is 0 Å². The van der Waals surface area contributed by atoms with Crippen LogP contribution in [-0.2, 0) is 25.6 Å². The van der Waals surface area contributed by atoms with Gasteiger partial charge in [0.05, 0.1) is 18.5 Å². The maximum absolute atomic E-state index is 13.1. The number of carboxylic acids is 1. The molecule has 0 aliphatic heterocycles. The van der Waals surface area contributed by atoms with Crippen molar-refractivity contribution in [2.24, 2.45) is 17.6 Å². The summed E-state index contributed by atoms with van der Waals surface area (Å²) >= 11 is 0. The van der Waals surface area contributed by atoms with Gasteiger partial charge in [-0.1, -0.05) is 34.1 Å². The lowest BCUT2D eigenvalue weighted by Crippen LogP contribution is -2.60. The molecule has 0 saturated carbocycles. The molecule has 0 aliphatic carbocycles. The van der Waals surface area contributed by atoms with Crippen molar-refractivity contribution in [1.82, 2.24) is 25.9 Å². The third-order valence-electron chi connectivity index (χ3n) is 5.47. The molecule has 6 atom stereocenters. The molecule has 0 saturated heterocycles. The molecule has 12 nitrogen and oxygen atoms in total. The molecule has 0 radical (unpaired) electrons. The maximum atomic E-state index is 13.1. The molecular weight excluding hydrogens is 432 g/mol. The molecule has 1 heterocycles. The highest BCUT2D eigenvalue weighted by molar-refractivity contribution is 5.94. The molecule has 0 aliphatic rings. The highest BCUT2D eigenvalue weighted by Crippen LogP contribution is 2.11. The van der Waals surface area contributed by atoms with Crippen LogP contribution in [0.4, 0.5) is 0 Å². The lowest BCUT2D eigenvalue weighted by molar-refractivity contribution is -0.145. The number of nitrogens with zero attached hydrogens (tertiary/aromatic N) is 1. The Kier molecular flexibility index (Phi) is 11.0. The fraction of sp³-hybridized carbons (Fsp3) is 0.667. The molecule has 8 N–H and O–H groups in total. The average molecular weight is 469 g/mol. The molecule has 12 heteroatoms. The number of nitrogens with one attached hydrogen (secondary N) is 4. The normalized spacial score (nSPS) is 16.7. The number of carboxylic acid groups (broad SMARTS) is 1. The zero-order valence-corrected chi connectivity index (χ0v) is 19.7. The Hall–Kier alpha value is -2.99. The number of aliphatic carboxylic acids is 1. The first-order valence-corrected chi connectivity index (χ1v) is 10.9. The van der Waals surface area contributed by atoms with Crippen molar-refractivity contribution in [3.8, 4) is 0 Å². The van der Waals surface area contributed by atoms with E-state index in [9.17, 15) is 29.4 Å². The van der Waals surface area contributed by atoms with Gasteiger partial charge in [0.15, 0.2) is 6.04 Å². The zero-order chi connectivity index (χ0) is 25.3. The monoisotopic (exact) mass is 468 g/mol. The van der Waals surface area contributed by atoms with Gasteiger partial charge in [0.1, 0.15) is 12.1 Å². The lowest BCUT2D eigenvalue weighted by Gasteiger charge is -2.28. The minimum atomic E-state index is -1.54. The van der Waals surface area contributed by atoms with E-state index in [1.807, 2.05) is 6.92 Å². The van der Waals surface area contributed by atoms with Crippen molar-refractivity contribution >= 4 is 23.7 Å². The number of aliphatic hydroxyl groups excluding tert-OH is 1. The predicted octanol–water partition coefficient (Wildman–Crippen LogP) is -1.10. The highest BCUT2D eigenvalue weighted by atomic mass is 16.4. The molecule has 0 fully saturated rings. The maximum Gasteiger partial charge on any atom is 0.328 e. The quantitative estimate of drug-likeness (QED) is 0.189. The number of hydrogen-bond donors (Lipinski definition) is 7. The molecule has 1 aromatic rings. The third kappa shape index (κ3) is 8.46. The number of carbonyl (C=O) groups excluding carboxylic acids is 3. The molecule has 0 aromatic carbocycles. The van der Waals surface area contributed by atoms with Gasteiger partial charge in [-0.15, -0.1) is 0 Å². The Balaban J connectivity index is 3.09. The van der Waals surface area contributed by atoms with Crippen LogP contribution < -0.4 is 21.7 Å². The molecule has 33 heavy (non-hydrogen) atoms. The summed E-state index contributed by atoms with van der Waals surface area (Å²) in [7, 11) is 0. The van der Waals surface area contributed by atoms with Gasteiger partial charge in [-0.05, 0) is 18.8 Å². The van der Waals surface area contributed by atoms with Crippen molar-refractivity contribution in [2.75, 3.05) is 0 Å². The summed E-state index contributed by atoms with van der Waals surface area (Å²) < 4.78 is 0. The van der Waals surface area contributed by atoms with Crippen LogP contribution in [0.15, 0.2) is 12.5 Å². The molecule has 0 bridgehead atoms. The Bertz CT molecular complexity index is 797. The van der Waals surface area contributed by atoms with Crippen LogP contribution in [0.2, 0.25) is 0 Å². The molecule has 6 unspecified atom stereocenters. The average Bonchev–Trinajstić information content (AvgIpc) is 3.26. The number of aliphatic hydroxyl groups is 1.